The number of aliphatic hydroxyl groups excluding tert-OH is 1. The summed E-state index contributed by atoms with van der Waals surface area (Å²) in [7, 11) is -2.04. The van der Waals surface area contributed by atoms with Gasteiger partial charge in [0.1, 0.15) is 5.60 Å². The van der Waals surface area contributed by atoms with Crippen molar-refractivity contribution in [2.24, 2.45) is 5.73 Å². The fraction of sp³-hybridized carbons (Fsp3) is 0.444. The van der Waals surface area contributed by atoms with Gasteiger partial charge in [-0.15, -0.1) is 0 Å². The summed E-state index contributed by atoms with van der Waals surface area (Å²) >= 11 is 0. The van der Waals surface area contributed by atoms with E-state index in [-0.39, 0.29) is 13.1 Å². The second kappa shape index (κ2) is 11.9. The molecule has 9 heteroatoms. The molecule has 0 heterocycles. The Bertz CT molecular complexity index is 1160. The molecule has 1 amide bonds. The molecule has 0 saturated heterocycles. The summed E-state index contributed by atoms with van der Waals surface area (Å²) in [6.45, 7) is 11.1. The van der Waals surface area contributed by atoms with Gasteiger partial charge in [0.15, 0.2) is 0 Å². The van der Waals surface area contributed by atoms with E-state index in [2.05, 4.69) is 6.58 Å². The van der Waals surface area contributed by atoms with E-state index in [0.29, 0.717) is 17.7 Å². The Morgan fingerprint density at radius 2 is 1.75 bits per heavy atom. The first-order chi connectivity index (χ1) is 16.6. The topological polar surface area (TPSA) is 113 Å². The van der Waals surface area contributed by atoms with Gasteiger partial charge in [0.2, 0.25) is 10.0 Å². The largest absolute Gasteiger partial charge is 0.444 e. The predicted octanol–water partition coefficient (Wildman–Crippen LogP) is 3.78. The maximum Gasteiger partial charge on any atom is 0.410 e. The number of rotatable bonds is 10. The minimum atomic E-state index is -3.50. The molecule has 0 unspecified atom stereocenters. The number of sulfonamides is 1. The van der Waals surface area contributed by atoms with Crippen LogP contribution >= 0.6 is 0 Å². The van der Waals surface area contributed by atoms with E-state index in [1.165, 1.54) is 16.3 Å². The Morgan fingerprint density at radius 1 is 1.14 bits per heavy atom. The van der Waals surface area contributed by atoms with Crippen molar-refractivity contribution in [3.8, 4) is 0 Å². The Labute approximate surface area is 215 Å². The van der Waals surface area contributed by atoms with Gasteiger partial charge in [-0.05, 0) is 69.0 Å². The number of anilines is 1. The van der Waals surface area contributed by atoms with Gasteiger partial charge >= 0.3 is 6.09 Å². The highest BCUT2D eigenvalue weighted by atomic mass is 32.2. The lowest BCUT2D eigenvalue weighted by atomic mass is 10.0. The van der Waals surface area contributed by atoms with Crippen LogP contribution in [0.3, 0.4) is 0 Å². The van der Waals surface area contributed by atoms with Gasteiger partial charge in [0, 0.05) is 19.6 Å². The minimum Gasteiger partial charge on any atom is -0.444 e. The van der Waals surface area contributed by atoms with Gasteiger partial charge in [-0.3, -0.25) is 4.31 Å². The van der Waals surface area contributed by atoms with E-state index in [4.69, 9.17) is 10.5 Å². The summed E-state index contributed by atoms with van der Waals surface area (Å²) in [6, 6.07) is 14.2. The fourth-order valence-electron chi connectivity index (χ4n) is 3.52. The summed E-state index contributed by atoms with van der Waals surface area (Å²) < 4.78 is 31.1. The first-order valence-electron chi connectivity index (χ1n) is 11.8. The molecule has 3 N–H and O–H groups in total. The number of benzene rings is 2. The van der Waals surface area contributed by atoms with Gasteiger partial charge in [0.05, 0.1) is 24.6 Å². The first-order valence-corrected chi connectivity index (χ1v) is 13.6. The van der Waals surface area contributed by atoms with E-state index in [9.17, 15) is 18.3 Å². The maximum atomic E-state index is 13.1. The molecule has 36 heavy (non-hydrogen) atoms. The molecular formula is C27H39N3O5S. The molecule has 2 aromatic rings. The van der Waals surface area contributed by atoms with Crippen LogP contribution in [0.5, 0.6) is 0 Å². The van der Waals surface area contributed by atoms with Crippen LogP contribution in [0.15, 0.2) is 55.1 Å². The molecule has 0 aliphatic rings. The van der Waals surface area contributed by atoms with E-state index >= 15 is 0 Å². The summed E-state index contributed by atoms with van der Waals surface area (Å²) in [5.41, 5.74) is 9.11. The van der Waals surface area contributed by atoms with E-state index in [1.54, 1.807) is 32.9 Å². The first kappa shape index (κ1) is 29.4. The summed E-state index contributed by atoms with van der Waals surface area (Å²) in [5, 5.41) is 10.9. The van der Waals surface area contributed by atoms with Gasteiger partial charge in [-0.2, -0.15) is 0 Å². The average molecular weight is 518 g/mol. The molecular weight excluding hydrogens is 478 g/mol. The Kier molecular flexibility index (Phi) is 9.70. The van der Waals surface area contributed by atoms with Crippen LogP contribution in [0.4, 0.5) is 10.5 Å². The molecule has 198 valence electrons. The van der Waals surface area contributed by atoms with Gasteiger partial charge < -0.3 is 20.5 Å². The molecule has 0 saturated carbocycles. The highest BCUT2D eigenvalue weighted by Crippen LogP contribution is 2.25. The monoisotopic (exact) mass is 517 g/mol. The van der Waals surface area contributed by atoms with Crippen molar-refractivity contribution in [2.75, 3.05) is 24.2 Å². The smallest absolute Gasteiger partial charge is 0.410 e. The average Bonchev–Trinajstić information content (AvgIpc) is 2.76. The number of hydrogen-bond acceptors (Lipinski definition) is 6. The molecule has 0 radical (unpaired) electrons. The molecule has 0 aromatic heterocycles. The van der Waals surface area contributed by atoms with Crippen LogP contribution in [0.2, 0.25) is 0 Å². The van der Waals surface area contributed by atoms with Crippen LogP contribution in [-0.2, 0) is 27.7 Å². The Morgan fingerprint density at radius 3 is 2.28 bits per heavy atom. The number of aliphatic hydroxyl groups is 1. The van der Waals surface area contributed by atoms with Gasteiger partial charge in [-0.1, -0.05) is 42.5 Å². The van der Waals surface area contributed by atoms with Crippen molar-refractivity contribution in [1.29, 1.82) is 0 Å². The molecule has 2 atom stereocenters. The third kappa shape index (κ3) is 8.96. The van der Waals surface area contributed by atoms with Crippen molar-refractivity contribution >= 4 is 27.4 Å². The summed E-state index contributed by atoms with van der Waals surface area (Å²) in [5.74, 6) is 0. The van der Waals surface area contributed by atoms with Crippen LogP contribution in [-0.4, -0.2) is 62.1 Å². The molecule has 0 aliphatic carbocycles. The number of nitrogens with zero attached hydrogens (tertiary/aromatic N) is 2. The number of carbonyl (C=O) groups is 1. The summed E-state index contributed by atoms with van der Waals surface area (Å²) in [4.78, 5) is 14.5. The molecule has 8 nitrogen and oxygen atoms in total. The number of ether oxygens (including phenoxy) is 1. The quantitative estimate of drug-likeness (QED) is 0.496. The molecule has 2 aromatic carbocycles. The van der Waals surface area contributed by atoms with Crippen LogP contribution in [0, 0.1) is 0 Å². The SMILES string of the molecule is C=C(C)c1cc(CN(C[C@@H](O)[C@@H](N)Cc2ccccc2)C(=O)OC(C)(C)C)cc(N(C)S(C)(=O)=O)c1. The highest BCUT2D eigenvalue weighted by molar-refractivity contribution is 7.92. The fourth-order valence-corrected chi connectivity index (χ4v) is 4.01. The Balaban J connectivity index is 2.36. The second-order valence-electron chi connectivity index (χ2n) is 10.2. The lowest BCUT2D eigenvalue weighted by Crippen LogP contribution is -2.47. The predicted molar refractivity (Wildman–Crippen MR) is 145 cm³/mol. The number of hydrogen-bond donors (Lipinski definition) is 2. The second-order valence-corrected chi connectivity index (χ2v) is 12.2. The van der Waals surface area contributed by atoms with E-state index in [1.807, 2.05) is 43.3 Å². The molecule has 2 rings (SSSR count). The number of nitrogens with two attached hydrogens (primary N) is 1. The van der Waals surface area contributed by atoms with Crippen molar-refractivity contribution in [1.82, 2.24) is 4.90 Å². The van der Waals surface area contributed by atoms with Crippen molar-refractivity contribution in [3.63, 3.8) is 0 Å². The number of allylic oxidation sites excluding steroid dienone is 1. The van der Waals surface area contributed by atoms with E-state index < -0.39 is 33.9 Å². The normalized spacial score (nSPS) is 13.6. The molecule has 0 bridgehead atoms. The zero-order chi connectivity index (χ0) is 27.3. The standard InChI is InChI=1S/C27H39N3O5S/c1-19(2)22-13-21(14-23(16-22)29(6)36(7,33)34)17-30(26(32)35-27(3,4)5)18-25(31)24(28)15-20-11-9-8-10-12-20/h8-14,16,24-25,31H,1,15,17-18,28H2,2-7H3/t24-,25+/m0/s1. The Hall–Kier alpha value is -2.88. The van der Waals surface area contributed by atoms with Crippen LogP contribution in [0.1, 0.15) is 44.4 Å². The van der Waals surface area contributed by atoms with Crippen molar-refractivity contribution < 1.29 is 23.1 Å². The van der Waals surface area contributed by atoms with Crippen molar-refractivity contribution in [3.05, 3.63) is 71.8 Å². The molecule has 0 fully saturated rings. The van der Waals surface area contributed by atoms with E-state index in [0.717, 1.165) is 23.0 Å². The van der Waals surface area contributed by atoms with Crippen molar-refractivity contribution in [2.45, 2.75) is 58.4 Å². The summed E-state index contributed by atoms with van der Waals surface area (Å²) in [6.07, 6.45) is -0.0524. The third-order valence-corrected chi connectivity index (χ3v) is 6.78. The lowest BCUT2D eigenvalue weighted by molar-refractivity contribution is 0.00995. The zero-order valence-corrected chi connectivity index (χ0v) is 22.9. The third-order valence-electron chi connectivity index (χ3n) is 5.57. The maximum absolute atomic E-state index is 13.1. The van der Waals surface area contributed by atoms with Gasteiger partial charge in [-0.25, -0.2) is 13.2 Å². The number of amides is 1. The minimum absolute atomic E-state index is 0.0581. The number of carbonyl (C=O) groups excluding carboxylic acids is 1. The lowest BCUT2D eigenvalue weighted by Gasteiger charge is -2.31. The van der Waals surface area contributed by atoms with Gasteiger partial charge in [0.25, 0.3) is 0 Å². The van der Waals surface area contributed by atoms with Crippen LogP contribution in [0.25, 0.3) is 5.57 Å². The zero-order valence-electron chi connectivity index (χ0n) is 22.1. The molecule has 0 spiro atoms. The molecule has 0 aliphatic heterocycles. The highest BCUT2D eigenvalue weighted by Gasteiger charge is 2.27. The van der Waals surface area contributed by atoms with Crippen LogP contribution < -0.4 is 10.0 Å².